The number of hydrogen-bond acceptors (Lipinski definition) is 6. The molecule has 0 radical (unpaired) electrons. The first-order valence-corrected chi connectivity index (χ1v) is 9.83. The molecule has 1 aromatic heterocycles. The number of nitrogens with one attached hydrogen (secondary N) is 1. The summed E-state index contributed by atoms with van der Waals surface area (Å²) in [5, 5.41) is 21.6. The van der Waals surface area contributed by atoms with Gasteiger partial charge in [-0.05, 0) is 29.8 Å². The van der Waals surface area contributed by atoms with Gasteiger partial charge in [0.25, 0.3) is 11.5 Å². The minimum absolute atomic E-state index is 0.00838. The van der Waals surface area contributed by atoms with Crippen LogP contribution in [0.5, 0.6) is 17.2 Å². The molecule has 2 aromatic carbocycles. The van der Waals surface area contributed by atoms with Crippen molar-refractivity contribution >= 4 is 22.8 Å². The first-order valence-electron chi connectivity index (χ1n) is 9.83. The fourth-order valence-corrected chi connectivity index (χ4v) is 3.82. The smallest absolute Gasteiger partial charge is 0.416 e. The average Bonchev–Trinajstić information content (AvgIpc) is 2.80. The number of aromatic nitrogens is 1. The van der Waals surface area contributed by atoms with Crippen LogP contribution in [0.4, 0.5) is 13.2 Å². The van der Waals surface area contributed by atoms with Gasteiger partial charge >= 0.3 is 12.1 Å². The molecule has 0 saturated heterocycles. The van der Waals surface area contributed by atoms with E-state index < -0.39 is 53.1 Å². The molecular formula is C22H17F3N2O7. The molecule has 4 rings (SSSR count). The first-order chi connectivity index (χ1) is 16.0. The summed E-state index contributed by atoms with van der Waals surface area (Å²) in [6.07, 6.45) is -5.41. The Morgan fingerprint density at radius 3 is 2.47 bits per heavy atom. The molecule has 1 aliphatic rings. The second kappa shape index (κ2) is 8.28. The molecule has 34 heavy (non-hydrogen) atoms. The largest absolute Gasteiger partial charge is 0.506 e. The number of nitrogens with zero attached hydrogens (tertiary/aromatic N) is 1. The predicted octanol–water partition coefficient (Wildman–Crippen LogP) is 2.68. The van der Waals surface area contributed by atoms with Crippen LogP contribution in [-0.4, -0.2) is 40.3 Å². The van der Waals surface area contributed by atoms with Crippen LogP contribution < -0.4 is 20.3 Å². The molecule has 1 aliphatic heterocycles. The lowest BCUT2D eigenvalue weighted by Gasteiger charge is -2.29. The molecule has 0 aliphatic carbocycles. The van der Waals surface area contributed by atoms with Gasteiger partial charge in [-0.1, -0.05) is 12.1 Å². The molecule has 1 amide bonds. The summed E-state index contributed by atoms with van der Waals surface area (Å²) in [6.45, 7) is -0.982. The lowest BCUT2D eigenvalue weighted by atomic mass is 10.0. The van der Waals surface area contributed by atoms with Crippen molar-refractivity contribution in [2.45, 2.75) is 18.8 Å². The van der Waals surface area contributed by atoms with E-state index in [1.807, 2.05) is 5.32 Å². The van der Waals surface area contributed by atoms with E-state index in [0.29, 0.717) is 5.56 Å². The normalized spacial score (nSPS) is 15.0. The van der Waals surface area contributed by atoms with Crippen LogP contribution in [0.25, 0.3) is 10.9 Å². The second-order valence-electron chi connectivity index (χ2n) is 7.43. The molecule has 9 nitrogen and oxygen atoms in total. The van der Waals surface area contributed by atoms with Crippen LogP contribution in [0.2, 0.25) is 0 Å². The van der Waals surface area contributed by atoms with E-state index in [0.717, 1.165) is 16.7 Å². The van der Waals surface area contributed by atoms with E-state index in [4.69, 9.17) is 14.6 Å². The number of ether oxygens (including phenoxy) is 2. The summed E-state index contributed by atoms with van der Waals surface area (Å²) < 4.78 is 51.1. The van der Waals surface area contributed by atoms with Crippen molar-refractivity contribution in [1.29, 1.82) is 0 Å². The molecule has 0 bridgehead atoms. The number of halogens is 3. The standard InChI is InChI=1S/C22H17F3N2O7/c1-33-12-6-7-13-18-16(12)19(30)17(20(31)26-8-15(28)29)21(32)27(18)9-14(34-13)10-2-4-11(5-3-10)22(23,24)25/h2-7,14,30H,8-9H2,1H3,(H,26,31)(H,28,29). The average molecular weight is 478 g/mol. The van der Waals surface area contributed by atoms with Gasteiger partial charge in [0.1, 0.15) is 41.0 Å². The molecule has 0 saturated carbocycles. The van der Waals surface area contributed by atoms with Crippen molar-refractivity contribution in [1.82, 2.24) is 9.88 Å². The zero-order valence-electron chi connectivity index (χ0n) is 17.5. The third-order valence-electron chi connectivity index (χ3n) is 5.38. The van der Waals surface area contributed by atoms with Gasteiger partial charge in [0, 0.05) is 0 Å². The van der Waals surface area contributed by atoms with Gasteiger partial charge in [0.05, 0.1) is 24.6 Å². The number of aliphatic carboxylic acids is 1. The van der Waals surface area contributed by atoms with Gasteiger partial charge in [0.15, 0.2) is 0 Å². The molecule has 1 atom stereocenters. The number of carboxylic acid groups (broad SMARTS) is 1. The van der Waals surface area contributed by atoms with Gasteiger partial charge in [-0.15, -0.1) is 0 Å². The molecular weight excluding hydrogens is 461 g/mol. The monoisotopic (exact) mass is 478 g/mol. The first kappa shape index (κ1) is 23.0. The highest BCUT2D eigenvalue weighted by Gasteiger charge is 2.33. The topological polar surface area (TPSA) is 127 Å². The highest BCUT2D eigenvalue weighted by atomic mass is 19.4. The van der Waals surface area contributed by atoms with Gasteiger partial charge < -0.3 is 25.0 Å². The quantitative estimate of drug-likeness (QED) is 0.515. The Morgan fingerprint density at radius 2 is 1.88 bits per heavy atom. The van der Waals surface area contributed by atoms with Crippen LogP contribution in [0.3, 0.4) is 0 Å². The molecule has 178 valence electrons. The molecule has 3 aromatic rings. The fraction of sp³-hybridized carbons (Fsp3) is 0.227. The summed E-state index contributed by atoms with van der Waals surface area (Å²) in [6, 6.07) is 7.14. The van der Waals surface area contributed by atoms with E-state index in [1.54, 1.807) is 0 Å². The van der Waals surface area contributed by atoms with E-state index in [9.17, 15) is 32.7 Å². The minimum atomic E-state index is -4.52. The third-order valence-corrected chi connectivity index (χ3v) is 5.38. The Labute approximate surface area is 188 Å². The van der Waals surface area contributed by atoms with Crippen LogP contribution in [0, 0.1) is 0 Å². The van der Waals surface area contributed by atoms with Crippen molar-refractivity contribution < 1.29 is 42.4 Å². The number of rotatable bonds is 5. The molecule has 2 heterocycles. The number of methoxy groups -OCH3 is 1. The molecule has 1 unspecified atom stereocenters. The number of aromatic hydroxyl groups is 1. The Kier molecular flexibility index (Phi) is 5.59. The Morgan fingerprint density at radius 1 is 1.21 bits per heavy atom. The minimum Gasteiger partial charge on any atom is -0.506 e. The summed E-state index contributed by atoms with van der Waals surface area (Å²) in [7, 11) is 1.31. The maximum absolute atomic E-state index is 13.2. The van der Waals surface area contributed by atoms with Crippen molar-refractivity contribution in [3.63, 3.8) is 0 Å². The summed E-state index contributed by atoms with van der Waals surface area (Å²) >= 11 is 0. The third kappa shape index (κ3) is 3.87. The number of hydrogen-bond donors (Lipinski definition) is 3. The van der Waals surface area contributed by atoms with Crippen LogP contribution >= 0.6 is 0 Å². The number of pyridine rings is 1. The number of amides is 1. The highest BCUT2D eigenvalue weighted by Crippen LogP contribution is 2.43. The van der Waals surface area contributed by atoms with Gasteiger partial charge in [-0.3, -0.25) is 19.0 Å². The second-order valence-corrected chi connectivity index (χ2v) is 7.43. The SMILES string of the molecule is COc1ccc2c3c1c(O)c(C(=O)NCC(=O)O)c(=O)n3CC(c1ccc(C(F)(F)F)cc1)O2. The molecule has 0 spiro atoms. The van der Waals surface area contributed by atoms with E-state index >= 15 is 0 Å². The summed E-state index contributed by atoms with van der Waals surface area (Å²) in [4.78, 5) is 36.6. The van der Waals surface area contributed by atoms with E-state index in [2.05, 4.69) is 0 Å². The highest BCUT2D eigenvalue weighted by molar-refractivity contribution is 6.06. The summed E-state index contributed by atoms with van der Waals surface area (Å²) in [5.74, 6) is -2.92. The Balaban J connectivity index is 1.86. The Hall–Kier alpha value is -4.22. The lowest BCUT2D eigenvalue weighted by molar-refractivity contribution is -0.138. The van der Waals surface area contributed by atoms with Gasteiger partial charge in [-0.25, -0.2) is 0 Å². The Bertz CT molecular complexity index is 1360. The molecule has 12 heteroatoms. The lowest BCUT2D eigenvalue weighted by Crippen LogP contribution is -2.38. The maximum Gasteiger partial charge on any atom is 0.416 e. The van der Waals surface area contributed by atoms with Crippen molar-refractivity contribution in [2.75, 3.05) is 13.7 Å². The summed E-state index contributed by atoms with van der Waals surface area (Å²) in [5.41, 5.74) is -2.00. The van der Waals surface area contributed by atoms with Crippen molar-refractivity contribution in [2.24, 2.45) is 0 Å². The van der Waals surface area contributed by atoms with Crippen LogP contribution in [-0.2, 0) is 17.5 Å². The predicted molar refractivity (Wildman–Crippen MR) is 111 cm³/mol. The van der Waals surface area contributed by atoms with E-state index in [-0.39, 0.29) is 28.9 Å². The molecule has 0 fully saturated rings. The number of carboxylic acids is 1. The number of carbonyl (C=O) groups excluding carboxylic acids is 1. The molecule has 3 N–H and O–H groups in total. The van der Waals surface area contributed by atoms with Crippen molar-refractivity contribution in [3.8, 4) is 17.2 Å². The van der Waals surface area contributed by atoms with E-state index in [1.165, 1.54) is 31.4 Å². The van der Waals surface area contributed by atoms with Gasteiger partial charge in [0.2, 0.25) is 0 Å². The van der Waals surface area contributed by atoms with Crippen molar-refractivity contribution in [3.05, 3.63) is 63.4 Å². The zero-order valence-corrected chi connectivity index (χ0v) is 17.5. The fourth-order valence-electron chi connectivity index (χ4n) is 3.82. The van der Waals surface area contributed by atoms with Gasteiger partial charge in [-0.2, -0.15) is 13.2 Å². The number of alkyl halides is 3. The number of carbonyl (C=O) groups is 2. The maximum atomic E-state index is 13.2. The van der Waals surface area contributed by atoms with Crippen LogP contribution in [0.1, 0.15) is 27.6 Å². The zero-order chi connectivity index (χ0) is 24.8. The van der Waals surface area contributed by atoms with Crippen LogP contribution in [0.15, 0.2) is 41.2 Å². The number of benzene rings is 2.